The Morgan fingerprint density at radius 3 is 2.34 bits per heavy atom. The molecule has 0 saturated heterocycles. The van der Waals surface area contributed by atoms with Gasteiger partial charge in [0.25, 0.3) is 0 Å². The molecule has 0 fully saturated rings. The average molecular weight is 408 g/mol. The van der Waals surface area contributed by atoms with Gasteiger partial charge in [-0.1, -0.05) is 12.1 Å². The minimum Gasteiger partial charge on any atom is -0.462 e. The van der Waals surface area contributed by atoms with Gasteiger partial charge in [-0.3, -0.25) is 9.69 Å². The summed E-state index contributed by atoms with van der Waals surface area (Å²) in [7, 11) is 1.80. The molecule has 0 aliphatic heterocycles. The number of aromatic nitrogens is 1. The summed E-state index contributed by atoms with van der Waals surface area (Å²) in [5.74, 6) is -0.522. The van der Waals surface area contributed by atoms with Crippen LogP contribution in [0, 0.1) is 13.8 Å². The highest BCUT2D eigenvalue weighted by Crippen LogP contribution is 2.22. The molecule has 2 aromatic rings. The number of alkyl halides is 2. The maximum absolute atomic E-state index is 13.0. The van der Waals surface area contributed by atoms with E-state index in [0.29, 0.717) is 29.1 Å². The SMILES string of the molecule is CCOC(=O)c1c(C)[nH]c(C(=O)[C@H](C)N(C)Cc2ccc(OC(F)F)cc2)c1C. The Hall–Kier alpha value is -2.74. The summed E-state index contributed by atoms with van der Waals surface area (Å²) in [6.45, 7) is 4.77. The monoisotopic (exact) mass is 408 g/mol. The lowest BCUT2D eigenvalue weighted by Gasteiger charge is -2.23. The van der Waals surface area contributed by atoms with Crippen LogP contribution < -0.4 is 4.74 Å². The van der Waals surface area contributed by atoms with Gasteiger partial charge in [0.1, 0.15) is 5.75 Å². The van der Waals surface area contributed by atoms with Gasteiger partial charge in [-0.05, 0) is 58.0 Å². The molecule has 0 unspecified atom stereocenters. The number of halogens is 2. The van der Waals surface area contributed by atoms with E-state index in [2.05, 4.69) is 9.72 Å². The third-order valence-electron chi connectivity index (χ3n) is 4.78. The summed E-state index contributed by atoms with van der Waals surface area (Å²) < 4.78 is 33.9. The predicted octanol–water partition coefficient (Wildman–Crippen LogP) is 4.11. The van der Waals surface area contributed by atoms with Crippen molar-refractivity contribution in [3.05, 3.63) is 52.3 Å². The highest BCUT2D eigenvalue weighted by molar-refractivity contribution is 6.03. The standard InChI is InChI=1S/C21H26F2N2O4/c1-6-28-20(27)17-12(2)18(24-13(17)3)19(26)14(4)25(5)11-15-7-9-16(10-8-15)29-21(22)23/h7-10,14,21,24H,6,11H2,1-5H3/t14-/m0/s1. The van der Waals surface area contributed by atoms with Crippen LogP contribution in [0.4, 0.5) is 8.78 Å². The largest absolute Gasteiger partial charge is 0.462 e. The van der Waals surface area contributed by atoms with E-state index < -0.39 is 18.6 Å². The van der Waals surface area contributed by atoms with Crippen LogP contribution in [-0.4, -0.2) is 47.9 Å². The molecule has 1 aromatic carbocycles. The molecule has 1 atom stereocenters. The quantitative estimate of drug-likeness (QED) is 0.499. The Morgan fingerprint density at radius 2 is 1.79 bits per heavy atom. The Balaban J connectivity index is 2.11. The summed E-state index contributed by atoms with van der Waals surface area (Å²) in [5.41, 5.74) is 2.78. The van der Waals surface area contributed by atoms with Gasteiger partial charge < -0.3 is 14.5 Å². The van der Waals surface area contributed by atoms with Crippen LogP contribution in [0.3, 0.4) is 0 Å². The number of esters is 1. The highest BCUT2D eigenvalue weighted by Gasteiger charge is 2.27. The van der Waals surface area contributed by atoms with Gasteiger partial charge in [0, 0.05) is 12.2 Å². The van der Waals surface area contributed by atoms with E-state index >= 15 is 0 Å². The molecular formula is C21H26F2N2O4. The number of H-pyrrole nitrogens is 1. The number of carbonyl (C=O) groups is 2. The van der Waals surface area contributed by atoms with Crippen LogP contribution in [0.1, 0.15) is 51.5 Å². The summed E-state index contributed by atoms with van der Waals surface area (Å²) in [6.07, 6.45) is 0. The molecule has 1 aromatic heterocycles. The van der Waals surface area contributed by atoms with Crippen LogP contribution in [0.15, 0.2) is 24.3 Å². The number of likely N-dealkylation sites (N-methyl/N-ethyl adjacent to an activating group) is 1. The van der Waals surface area contributed by atoms with Crippen molar-refractivity contribution in [3.8, 4) is 5.75 Å². The van der Waals surface area contributed by atoms with Gasteiger partial charge in [-0.25, -0.2) is 4.79 Å². The van der Waals surface area contributed by atoms with Crippen molar-refractivity contribution in [1.82, 2.24) is 9.88 Å². The van der Waals surface area contributed by atoms with E-state index in [4.69, 9.17) is 4.74 Å². The summed E-state index contributed by atoms with van der Waals surface area (Å²) in [4.78, 5) is 30.0. The van der Waals surface area contributed by atoms with E-state index in [0.717, 1.165) is 5.56 Å². The molecule has 1 heterocycles. The number of hydrogen-bond donors (Lipinski definition) is 1. The van der Waals surface area contributed by atoms with E-state index in [1.54, 1.807) is 46.9 Å². The normalized spacial score (nSPS) is 12.3. The Morgan fingerprint density at radius 1 is 1.17 bits per heavy atom. The van der Waals surface area contributed by atoms with Crippen LogP contribution in [0.2, 0.25) is 0 Å². The molecule has 0 radical (unpaired) electrons. The number of aryl methyl sites for hydroxylation is 1. The smallest absolute Gasteiger partial charge is 0.387 e. The summed E-state index contributed by atoms with van der Waals surface area (Å²) >= 11 is 0. The fourth-order valence-electron chi connectivity index (χ4n) is 3.12. The molecule has 2 rings (SSSR count). The maximum atomic E-state index is 13.0. The molecule has 158 valence electrons. The fourth-order valence-corrected chi connectivity index (χ4v) is 3.12. The molecular weight excluding hydrogens is 382 g/mol. The predicted molar refractivity (Wildman–Crippen MR) is 105 cm³/mol. The molecule has 0 bridgehead atoms. The first-order valence-corrected chi connectivity index (χ1v) is 9.30. The zero-order valence-corrected chi connectivity index (χ0v) is 17.2. The highest BCUT2D eigenvalue weighted by atomic mass is 19.3. The molecule has 0 aliphatic carbocycles. The lowest BCUT2D eigenvalue weighted by Crippen LogP contribution is -2.36. The topological polar surface area (TPSA) is 71.6 Å². The minimum atomic E-state index is -2.87. The van der Waals surface area contributed by atoms with Gasteiger partial charge in [-0.15, -0.1) is 0 Å². The van der Waals surface area contributed by atoms with Crippen LogP contribution >= 0.6 is 0 Å². The molecule has 1 N–H and O–H groups in total. The van der Waals surface area contributed by atoms with E-state index in [9.17, 15) is 18.4 Å². The second-order valence-corrected chi connectivity index (χ2v) is 6.82. The minimum absolute atomic E-state index is 0.0829. The average Bonchev–Trinajstić information content (AvgIpc) is 2.96. The van der Waals surface area contributed by atoms with Crippen molar-refractivity contribution < 1.29 is 27.8 Å². The lowest BCUT2D eigenvalue weighted by molar-refractivity contribution is -0.0498. The third-order valence-corrected chi connectivity index (χ3v) is 4.78. The van der Waals surface area contributed by atoms with Crippen molar-refractivity contribution in [2.75, 3.05) is 13.7 Å². The first-order chi connectivity index (χ1) is 13.6. The van der Waals surface area contributed by atoms with Gasteiger partial charge in [0.2, 0.25) is 0 Å². The van der Waals surface area contributed by atoms with Crippen molar-refractivity contribution in [3.63, 3.8) is 0 Å². The molecule has 8 heteroatoms. The molecule has 0 saturated carbocycles. The summed E-state index contributed by atoms with van der Waals surface area (Å²) in [6, 6.07) is 5.80. The molecule has 29 heavy (non-hydrogen) atoms. The number of nitrogens with zero attached hydrogens (tertiary/aromatic N) is 1. The zero-order chi connectivity index (χ0) is 21.7. The number of ketones is 1. The van der Waals surface area contributed by atoms with Gasteiger partial charge in [-0.2, -0.15) is 8.78 Å². The van der Waals surface area contributed by atoms with E-state index in [-0.39, 0.29) is 18.1 Å². The first-order valence-electron chi connectivity index (χ1n) is 9.30. The van der Waals surface area contributed by atoms with E-state index in [1.807, 2.05) is 4.90 Å². The second-order valence-electron chi connectivity index (χ2n) is 6.82. The van der Waals surface area contributed by atoms with Gasteiger partial charge in [0.15, 0.2) is 5.78 Å². The number of ether oxygens (including phenoxy) is 2. The first kappa shape index (κ1) is 22.5. The van der Waals surface area contributed by atoms with Crippen molar-refractivity contribution >= 4 is 11.8 Å². The lowest BCUT2D eigenvalue weighted by atomic mass is 10.0. The molecule has 6 nitrogen and oxygen atoms in total. The van der Waals surface area contributed by atoms with Gasteiger partial charge >= 0.3 is 12.6 Å². The zero-order valence-electron chi connectivity index (χ0n) is 17.2. The number of nitrogens with one attached hydrogen (secondary N) is 1. The Labute approximate surface area is 168 Å². The van der Waals surface area contributed by atoms with Crippen LogP contribution in [-0.2, 0) is 11.3 Å². The van der Waals surface area contributed by atoms with Crippen molar-refractivity contribution in [1.29, 1.82) is 0 Å². The molecule has 0 spiro atoms. The fraction of sp³-hybridized carbons (Fsp3) is 0.429. The number of aromatic amines is 1. The third kappa shape index (κ3) is 5.41. The second kappa shape index (κ2) is 9.65. The number of benzene rings is 1. The maximum Gasteiger partial charge on any atom is 0.387 e. The van der Waals surface area contributed by atoms with Crippen LogP contribution in [0.25, 0.3) is 0 Å². The van der Waals surface area contributed by atoms with Gasteiger partial charge in [0.05, 0.1) is 23.9 Å². The number of Topliss-reactive ketones (excluding diaryl/α,β-unsaturated/α-hetero) is 1. The number of hydrogen-bond acceptors (Lipinski definition) is 5. The molecule has 0 aliphatic rings. The Bertz CT molecular complexity index is 862. The number of carbonyl (C=O) groups excluding carboxylic acids is 2. The summed E-state index contributed by atoms with van der Waals surface area (Å²) in [5, 5.41) is 0. The Kier molecular flexibility index (Phi) is 7.50. The van der Waals surface area contributed by atoms with Crippen molar-refractivity contribution in [2.45, 2.75) is 46.9 Å². The van der Waals surface area contributed by atoms with E-state index in [1.165, 1.54) is 12.1 Å². The molecule has 0 amide bonds. The van der Waals surface area contributed by atoms with Crippen molar-refractivity contribution in [2.24, 2.45) is 0 Å². The van der Waals surface area contributed by atoms with Crippen LogP contribution in [0.5, 0.6) is 5.75 Å². The number of rotatable bonds is 9.